The summed E-state index contributed by atoms with van der Waals surface area (Å²) in [6, 6.07) is 6.44. The fraction of sp³-hybridized carbons (Fsp3) is 0.667. The molecule has 0 saturated heterocycles. The maximum Gasteiger partial charge on any atom is 0.0648 e. The molecule has 0 heterocycles. The minimum absolute atomic E-state index is 0.0531. The van der Waals surface area contributed by atoms with Crippen LogP contribution in [-0.4, -0.2) is 17.8 Å². The normalized spacial score (nSPS) is 14.6. The monoisotopic (exact) mass is 277 g/mol. The Bertz CT molecular complexity index is 396. The molecule has 0 aliphatic rings. The number of nitrogens with two attached hydrogens (primary N) is 1. The van der Waals surface area contributed by atoms with Crippen LogP contribution in [0.2, 0.25) is 0 Å². The third kappa shape index (κ3) is 4.32. The second-order valence-electron chi connectivity index (χ2n) is 6.01. The number of hydrogen-bond donors (Lipinski definition) is 2. The van der Waals surface area contributed by atoms with Crippen LogP contribution in [0.1, 0.15) is 62.1 Å². The number of hydrogen-bond acceptors (Lipinski definition) is 2. The van der Waals surface area contributed by atoms with Gasteiger partial charge in [-0.3, -0.25) is 0 Å². The zero-order valence-corrected chi connectivity index (χ0v) is 13.5. The van der Waals surface area contributed by atoms with E-state index in [0.29, 0.717) is 12.5 Å². The Morgan fingerprint density at radius 2 is 1.65 bits per heavy atom. The molecule has 1 rings (SSSR count). The molecule has 2 atom stereocenters. The van der Waals surface area contributed by atoms with Crippen LogP contribution >= 0.6 is 0 Å². The summed E-state index contributed by atoms with van der Waals surface area (Å²) in [6.45, 7) is 9.11. The van der Waals surface area contributed by atoms with Gasteiger partial charge in [-0.25, -0.2) is 0 Å². The van der Waals surface area contributed by atoms with Crippen molar-refractivity contribution in [2.75, 3.05) is 6.54 Å². The molecule has 1 aromatic rings. The van der Waals surface area contributed by atoms with Gasteiger partial charge in [-0.2, -0.15) is 0 Å². The average molecular weight is 277 g/mol. The van der Waals surface area contributed by atoms with Gasteiger partial charge in [0, 0.05) is 12.5 Å². The second-order valence-corrected chi connectivity index (χ2v) is 6.01. The topological polar surface area (TPSA) is 46.2 Å². The SMILES string of the molecule is CCCC(CCC)C(O)C(CN)c1ccc(C)c(C)c1. The van der Waals surface area contributed by atoms with Crippen molar-refractivity contribution in [3.05, 3.63) is 34.9 Å². The zero-order chi connectivity index (χ0) is 15.1. The summed E-state index contributed by atoms with van der Waals surface area (Å²) in [5.41, 5.74) is 9.71. The number of aryl methyl sites for hydroxylation is 2. The van der Waals surface area contributed by atoms with E-state index in [1.54, 1.807) is 0 Å². The van der Waals surface area contributed by atoms with E-state index in [1.165, 1.54) is 16.7 Å². The van der Waals surface area contributed by atoms with Crippen LogP contribution in [0.3, 0.4) is 0 Å². The lowest BCUT2D eigenvalue weighted by Crippen LogP contribution is -2.32. The predicted octanol–water partition coefficient (Wildman–Crippen LogP) is 3.92. The molecule has 1 aromatic carbocycles. The molecule has 0 amide bonds. The second kappa shape index (κ2) is 8.43. The van der Waals surface area contributed by atoms with Gasteiger partial charge >= 0.3 is 0 Å². The Morgan fingerprint density at radius 3 is 2.10 bits per heavy atom. The van der Waals surface area contributed by atoms with E-state index in [2.05, 4.69) is 45.9 Å². The van der Waals surface area contributed by atoms with Crippen LogP contribution in [0.15, 0.2) is 18.2 Å². The number of aliphatic hydroxyl groups excluding tert-OH is 1. The summed E-state index contributed by atoms with van der Waals surface area (Å²) in [7, 11) is 0. The Labute approximate surface area is 124 Å². The first-order valence-corrected chi connectivity index (χ1v) is 8.00. The van der Waals surface area contributed by atoms with Crippen molar-refractivity contribution in [1.82, 2.24) is 0 Å². The Morgan fingerprint density at radius 1 is 1.05 bits per heavy atom. The molecule has 3 N–H and O–H groups in total. The van der Waals surface area contributed by atoms with E-state index in [-0.39, 0.29) is 12.0 Å². The molecule has 0 aliphatic heterocycles. The van der Waals surface area contributed by atoms with Crippen LogP contribution in [0.25, 0.3) is 0 Å². The van der Waals surface area contributed by atoms with E-state index in [4.69, 9.17) is 5.73 Å². The third-order valence-corrected chi connectivity index (χ3v) is 4.43. The van der Waals surface area contributed by atoms with E-state index >= 15 is 0 Å². The standard InChI is InChI=1S/C18H31NO/c1-5-7-15(8-6-2)18(20)17(12-19)16-10-9-13(3)14(4)11-16/h9-11,15,17-18,20H,5-8,12,19H2,1-4H3. The lowest BCUT2D eigenvalue weighted by Gasteiger charge is -2.29. The van der Waals surface area contributed by atoms with Crippen molar-refractivity contribution in [2.45, 2.75) is 65.4 Å². The van der Waals surface area contributed by atoms with Gasteiger partial charge in [-0.15, -0.1) is 0 Å². The van der Waals surface area contributed by atoms with E-state index in [0.717, 1.165) is 25.7 Å². The van der Waals surface area contributed by atoms with E-state index in [1.807, 2.05) is 0 Å². The van der Waals surface area contributed by atoms with Gasteiger partial charge in [0.25, 0.3) is 0 Å². The molecule has 0 radical (unpaired) electrons. The number of benzene rings is 1. The van der Waals surface area contributed by atoms with Gasteiger partial charge < -0.3 is 10.8 Å². The van der Waals surface area contributed by atoms with Crippen LogP contribution in [0.4, 0.5) is 0 Å². The van der Waals surface area contributed by atoms with Crippen LogP contribution in [-0.2, 0) is 0 Å². The molecule has 0 bridgehead atoms. The predicted molar refractivity (Wildman–Crippen MR) is 87.0 cm³/mol. The largest absolute Gasteiger partial charge is 0.392 e. The van der Waals surface area contributed by atoms with Gasteiger partial charge in [0.15, 0.2) is 0 Å². The Hall–Kier alpha value is -0.860. The van der Waals surface area contributed by atoms with Crippen molar-refractivity contribution >= 4 is 0 Å². The van der Waals surface area contributed by atoms with Gasteiger partial charge in [-0.1, -0.05) is 44.9 Å². The molecule has 0 aliphatic carbocycles. The van der Waals surface area contributed by atoms with Crippen molar-refractivity contribution in [2.24, 2.45) is 11.7 Å². The lowest BCUT2D eigenvalue weighted by atomic mass is 9.81. The molecule has 20 heavy (non-hydrogen) atoms. The maximum absolute atomic E-state index is 10.8. The van der Waals surface area contributed by atoms with Gasteiger partial charge in [0.1, 0.15) is 0 Å². The fourth-order valence-electron chi connectivity index (χ4n) is 3.02. The van der Waals surface area contributed by atoms with Crippen molar-refractivity contribution < 1.29 is 5.11 Å². The molecule has 0 spiro atoms. The summed E-state index contributed by atoms with van der Waals surface area (Å²) >= 11 is 0. The molecular weight excluding hydrogens is 246 g/mol. The fourth-order valence-corrected chi connectivity index (χ4v) is 3.02. The highest BCUT2D eigenvalue weighted by Crippen LogP contribution is 2.30. The Balaban J connectivity index is 2.94. The molecule has 2 heteroatoms. The first-order chi connectivity index (χ1) is 9.54. The minimum Gasteiger partial charge on any atom is -0.392 e. The number of rotatable bonds is 8. The van der Waals surface area contributed by atoms with E-state index < -0.39 is 0 Å². The zero-order valence-electron chi connectivity index (χ0n) is 13.5. The summed E-state index contributed by atoms with van der Waals surface area (Å²) in [5, 5.41) is 10.8. The first-order valence-electron chi connectivity index (χ1n) is 8.00. The summed E-state index contributed by atoms with van der Waals surface area (Å²) in [6.07, 6.45) is 4.06. The smallest absolute Gasteiger partial charge is 0.0648 e. The molecule has 2 nitrogen and oxygen atoms in total. The molecular formula is C18H31NO. The molecule has 0 saturated carbocycles. The molecule has 0 fully saturated rings. The highest BCUT2D eigenvalue weighted by molar-refractivity contribution is 5.32. The van der Waals surface area contributed by atoms with Crippen molar-refractivity contribution in [1.29, 1.82) is 0 Å². The maximum atomic E-state index is 10.8. The summed E-state index contributed by atoms with van der Waals surface area (Å²) in [4.78, 5) is 0. The lowest BCUT2D eigenvalue weighted by molar-refractivity contribution is 0.0722. The molecule has 0 aromatic heterocycles. The number of aliphatic hydroxyl groups is 1. The Kier molecular flexibility index (Phi) is 7.25. The van der Waals surface area contributed by atoms with Crippen LogP contribution in [0, 0.1) is 19.8 Å². The van der Waals surface area contributed by atoms with Crippen LogP contribution in [0.5, 0.6) is 0 Å². The molecule has 2 unspecified atom stereocenters. The van der Waals surface area contributed by atoms with E-state index in [9.17, 15) is 5.11 Å². The summed E-state index contributed by atoms with van der Waals surface area (Å²) in [5.74, 6) is 0.414. The third-order valence-electron chi connectivity index (χ3n) is 4.43. The average Bonchev–Trinajstić information content (AvgIpc) is 2.43. The quantitative estimate of drug-likeness (QED) is 0.756. The first kappa shape index (κ1) is 17.2. The summed E-state index contributed by atoms with van der Waals surface area (Å²) < 4.78 is 0. The highest BCUT2D eigenvalue weighted by atomic mass is 16.3. The molecule has 114 valence electrons. The van der Waals surface area contributed by atoms with Gasteiger partial charge in [-0.05, 0) is 49.3 Å². The van der Waals surface area contributed by atoms with Crippen LogP contribution < -0.4 is 5.73 Å². The highest BCUT2D eigenvalue weighted by Gasteiger charge is 2.27. The van der Waals surface area contributed by atoms with Crippen molar-refractivity contribution in [3.8, 4) is 0 Å². The minimum atomic E-state index is -0.331. The van der Waals surface area contributed by atoms with Gasteiger partial charge in [0.2, 0.25) is 0 Å². The van der Waals surface area contributed by atoms with Crippen molar-refractivity contribution in [3.63, 3.8) is 0 Å². The van der Waals surface area contributed by atoms with Gasteiger partial charge in [0.05, 0.1) is 6.10 Å².